The molecule has 0 spiro atoms. The quantitative estimate of drug-likeness (QED) is 0.541. The maximum atomic E-state index is 12.5. The highest BCUT2D eigenvalue weighted by atomic mass is 19.4. The number of alkyl halides is 6. The van der Waals surface area contributed by atoms with Gasteiger partial charge in [0.2, 0.25) is 5.91 Å². The molecule has 3 saturated heterocycles. The molecular weight excluding hydrogens is 528 g/mol. The number of ether oxygens (including phenoxy) is 1. The van der Waals surface area contributed by atoms with E-state index < -0.39 is 24.3 Å². The first-order valence-corrected chi connectivity index (χ1v) is 11.8. The van der Waals surface area contributed by atoms with Crippen molar-refractivity contribution in [1.29, 1.82) is 0 Å². The zero-order chi connectivity index (χ0) is 28.5. The Kier molecular flexibility index (Phi) is 11.3. The summed E-state index contributed by atoms with van der Waals surface area (Å²) in [5.41, 5.74) is 1.13. The van der Waals surface area contributed by atoms with Crippen LogP contribution in [0.5, 0.6) is 0 Å². The molecule has 0 aliphatic carbocycles. The maximum Gasteiger partial charge on any atom is 0.490 e. The van der Waals surface area contributed by atoms with Gasteiger partial charge in [-0.1, -0.05) is 6.07 Å². The Hall–Kier alpha value is -2.94. The van der Waals surface area contributed by atoms with Crippen LogP contribution < -0.4 is 0 Å². The molecule has 3 fully saturated rings. The molecule has 1 aromatic heterocycles. The Morgan fingerprint density at radius 3 is 2.03 bits per heavy atom. The fourth-order valence-electron chi connectivity index (χ4n) is 4.58. The summed E-state index contributed by atoms with van der Waals surface area (Å²) in [5, 5.41) is 14.2. The number of hydrogen-bond donors (Lipinski definition) is 2. The number of carboxylic acid groups (broad SMARTS) is 2. The Labute approximate surface area is 214 Å². The minimum atomic E-state index is -5.08. The predicted molar refractivity (Wildman–Crippen MR) is 119 cm³/mol. The van der Waals surface area contributed by atoms with Crippen LogP contribution in [0.4, 0.5) is 26.3 Å². The van der Waals surface area contributed by atoms with Gasteiger partial charge in [0.05, 0.1) is 5.69 Å². The molecule has 9 nitrogen and oxygen atoms in total. The van der Waals surface area contributed by atoms with E-state index in [1.165, 1.54) is 0 Å². The minimum Gasteiger partial charge on any atom is -0.475 e. The summed E-state index contributed by atoms with van der Waals surface area (Å²) in [6.07, 6.45) is -3.31. The van der Waals surface area contributed by atoms with E-state index in [-0.39, 0.29) is 0 Å². The van der Waals surface area contributed by atoms with Crippen LogP contribution in [0.25, 0.3) is 0 Å². The van der Waals surface area contributed by atoms with Gasteiger partial charge in [0, 0.05) is 57.5 Å². The van der Waals surface area contributed by atoms with E-state index in [4.69, 9.17) is 24.5 Å². The molecular formula is C23H29F6N3O6. The number of carbonyl (C=O) groups is 3. The number of fused-ring (bicyclic) bond motifs is 1. The van der Waals surface area contributed by atoms with E-state index in [1.807, 2.05) is 12.3 Å². The molecule has 0 unspecified atom stereocenters. The standard InChI is InChI=1S/C19H27N3O2.2C2HF3O2/c23-19-5-4-17-18(22(19)13-15-7-11-24-12-8-15)6-10-21(17)14-16-3-1-2-9-20-16;2*3-2(4,5)1(6)7/h1-3,9,15,17-18H,4-8,10-14H2;2*(H,6,7)/t17-,18-;;/m0../s1. The number of aromatic nitrogens is 1. The summed E-state index contributed by atoms with van der Waals surface area (Å²) >= 11 is 0. The van der Waals surface area contributed by atoms with E-state index in [9.17, 15) is 31.1 Å². The number of amides is 1. The highest BCUT2D eigenvalue weighted by molar-refractivity contribution is 5.77. The van der Waals surface area contributed by atoms with E-state index in [0.29, 0.717) is 30.3 Å². The maximum absolute atomic E-state index is 12.5. The third-order valence-corrected chi connectivity index (χ3v) is 6.37. The second-order valence-corrected chi connectivity index (χ2v) is 8.96. The third-order valence-electron chi connectivity index (χ3n) is 6.37. The van der Waals surface area contributed by atoms with Crippen molar-refractivity contribution >= 4 is 17.8 Å². The van der Waals surface area contributed by atoms with Gasteiger partial charge in [-0.3, -0.25) is 14.7 Å². The highest BCUT2D eigenvalue weighted by Crippen LogP contribution is 2.33. The molecule has 2 atom stereocenters. The van der Waals surface area contributed by atoms with Crippen LogP contribution in [-0.4, -0.2) is 93.6 Å². The summed E-state index contributed by atoms with van der Waals surface area (Å²) < 4.78 is 68.9. The first kappa shape index (κ1) is 31.3. The van der Waals surface area contributed by atoms with Crippen LogP contribution in [0.1, 0.15) is 37.8 Å². The number of piperidine rings is 1. The van der Waals surface area contributed by atoms with Crippen molar-refractivity contribution in [2.45, 2.75) is 63.1 Å². The number of carbonyl (C=O) groups excluding carboxylic acids is 1. The average molecular weight is 557 g/mol. The largest absolute Gasteiger partial charge is 0.490 e. The van der Waals surface area contributed by atoms with Crippen LogP contribution >= 0.6 is 0 Å². The van der Waals surface area contributed by atoms with E-state index >= 15 is 0 Å². The molecule has 1 amide bonds. The van der Waals surface area contributed by atoms with Gasteiger partial charge in [-0.15, -0.1) is 0 Å². The lowest BCUT2D eigenvalue weighted by Gasteiger charge is -2.42. The zero-order valence-corrected chi connectivity index (χ0v) is 20.2. The summed E-state index contributed by atoms with van der Waals surface area (Å²) in [4.78, 5) is 39.6. The first-order chi connectivity index (χ1) is 17.7. The number of nitrogens with zero attached hydrogens (tertiary/aromatic N) is 3. The molecule has 214 valence electrons. The summed E-state index contributed by atoms with van der Waals surface area (Å²) in [6.45, 7) is 4.62. The lowest BCUT2D eigenvalue weighted by atomic mass is 9.92. The first-order valence-electron chi connectivity index (χ1n) is 11.8. The highest BCUT2D eigenvalue weighted by Gasteiger charge is 2.43. The average Bonchev–Trinajstić information content (AvgIpc) is 3.24. The van der Waals surface area contributed by atoms with Crippen molar-refractivity contribution in [2.75, 3.05) is 26.3 Å². The van der Waals surface area contributed by atoms with Crippen LogP contribution in [0, 0.1) is 5.92 Å². The van der Waals surface area contributed by atoms with Gasteiger partial charge in [-0.2, -0.15) is 26.3 Å². The molecule has 15 heteroatoms. The second-order valence-electron chi connectivity index (χ2n) is 8.96. The van der Waals surface area contributed by atoms with E-state index in [1.54, 1.807) is 0 Å². The number of rotatable bonds is 4. The Bertz CT molecular complexity index is 900. The molecule has 4 rings (SSSR count). The molecule has 3 aliphatic rings. The molecule has 38 heavy (non-hydrogen) atoms. The Morgan fingerprint density at radius 1 is 0.947 bits per heavy atom. The van der Waals surface area contributed by atoms with Crippen molar-refractivity contribution in [2.24, 2.45) is 5.92 Å². The summed E-state index contributed by atoms with van der Waals surface area (Å²) in [5.74, 6) is -4.53. The smallest absolute Gasteiger partial charge is 0.475 e. The second kappa shape index (κ2) is 13.7. The Morgan fingerprint density at radius 2 is 1.53 bits per heavy atom. The minimum absolute atomic E-state index is 0.363. The van der Waals surface area contributed by atoms with Crippen LogP contribution in [0.2, 0.25) is 0 Å². The topological polar surface area (TPSA) is 120 Å². The van der Waals surface area contributed by atoms with Crippen LogP contribution in [0.3, 0.4) is 0 Å². The predicted octanol–water partition coefficient (Wildman–Crippen LogP) is 3.34. The number of pyridine rings is 1. The molecule has 0 saturated carbocycles. The van der Waals surface area contributed by atoms with Gasteiger partial charge in [0.15, 0.2) is 0 Å². The van der Waals surface area contributed by atoms with Crippen LogP contribution in [-0.2, 0) is 25.7 Å². The lowest BCUT2D eigenvalue weighted by Crippen LogP contribution is -2.53. The van der Waals surface area contributed by atoms with Gasteiger partial charge >= 0.3 is 24.3 Å². The SMILES string of the molecule is O=C(O)C(F)(F)F.O=C(O)C(F)(F)F.O=C1CC[C@H]2[C@H](CCN2Cc2ccccn2)N1CC1CCOCC1. The normalized spacial score (nSPS) is 22.5. The van der Waals surface area contributed by atoms with Gasteiger partial charge in [-0.25, -0.2) is 9.59 Å². The lowest BCUT2D eigenvalue weighted by molar-refractivity contribution is -0.193. The molecule has 2 N–H and O–H groups in total. The molecule has 3 aliphatic heterocycles. The number of hydrogen-bond acceptors (Lipinski definition) is 6. The van der Waals surface area contributed by atoms with Crippen molar-refractivity contribution in [1.82, 2.24) is 14.8 Å². The molecule has 0 bridgehead atoms. The summed E-state index contributed by atoms with van der Waals surface area (Å²) in [7, 11) is 0. The van der Waals surface area contributed by atoms with Gasteiger partial charge in [-0.05, 0) is 43.7 Å². The molecule has 4 heterocycles. The summed E-state index contributed by atoms with van der Waals surface area (Å²) in [6, 6.07) is 7.02. The van der Waals surface area contributed by atoms with E-state index in [2.05, 4.69) is 26.9 Å². The van der Waals surface area contributed by atoms with Crippen LogP contribution in [0.15, 0.2) is 24.4 Å². The van der Waals surface area contributed by atoms with Gasteiger partial charge < -0.3 is 19.8 Å². The fraction of sp³-hybridized carbons (Fsp3) is 0.652. The monoisotopic (exact) mass is 557 g/mol. The fourth-order valence-corrected chi connectivity index (χ4v) is 4.58. The van der Waals surface area contributed by atoms with Gasteiger partial charge in [0.25, 0.3) is 0 Å². The van der Waals surface area contributed by atoms with E-state index in [0.717, 1.165) is 64.2 Å². The van der Waals surface area contributed by atoms with Crippen molar-refractivity contribution < 1.29 is 55.7 Å². The molecule has 1 aromatic rings. The molecule has 0 aromatic carbocycles. The van der Waals surface area contributed by atoms with Crippen molar-refractivity contribution in [3.05, 3.63) is 30.1 Å². The number of likely N-dealkylation sites (tertiary alicyclic amines) is 2. The number of halogens is 6. The van der Waals surface area contributed by atoms with Crippen molar-refractivity contribution in [3.8, 4) is 0 Å². The number of carboxylic acids is 2. The zero-order valence-electron chi connectivity index (χ0n) is 20.2. The van der Waals surface area contributed by atoms with Gasteiger partial charge in [0.1, 0.15) is 0 Å². The Balaban J connectivity index is 0.000000301. The number of aliphatic carboxylic acids is 2. The third kappa shape index (κ3) is 9.74. The molecule has 0 radical (unpaired) electrons. The van der Waals surface area contributed by atoms with Crippen molar-refractivity contribution in [3.63, 3.8) is 0 Å².